The van der Waals surface area contributed by atoms with Crippen molar-refractivity contribution < 1.29 is 14.0 Å². The highest BCUT2D eigenvalue weighted by Crippen LogP contribution is 2.34. The standard InChI is InChI=1S/C22H25FN2O2/c1-14-20(21-17(24-14)9-6-11-19(21)26)22(27)25-12-4-2-3-10-18(25)15-7-5-8-16(23)13-15/h5,7-8,13,18,24H,2-4,6,9-12H2,1H3/t18-/m1/s1. The number of fused-ring (bicyclic) bond motifs is 1. The third-order valence-electron chi connectivity index (χ3n) is 5.84. The van der Waals surface area contributed by atoms with Crippen molar-refractivity contribution in [3.05, 3.63) is 58.2 Å². The zero-order valence-electron chi connectivity index (χ0n) is 15.7. The van der Waals surface area contributed by atoms with E-state index in [1.807, 2.05) is 17.9 Å². The minimum Gasteiger partial charge on any atom is -0.361 e. The van der Waals surface area contributed by atoms with E-state index in [1.54, 1.807) is 6.07 Å². The quantitative estimate of drug-likeness (QED) is 0.832. The lowest BCUT2D eigenvalue weighted by atomic mass is 9.92. The number of carbonyl (C=O) groups is 2. The zero-order chi connectivity index (χ0) is 19.0. The van der Waals surface area contributed by atoms with E-state index in [9.17, 15) is 14.0 Å². The van der Waals surface area contributed by atoms with Crippen molar-refractivity contribution in [2.45, 2.75) is 57.9 Å². The fourth-order valence-electron chi connectivity index (χ4n) is 4.56. The Morgan fingerprint density at radius 2 is 2.04 bits per heavy atom. The summed E-state index contributed by atoms with van der Waals surface area (Å²) in [4.78, 5) is 31.2. The highest BCUT2D eigenvalue weighted by Gasteiger charge is 2.34. The number of nitrogens with zero attached hydrogens (tertiary/aromatic N) is 1. The number of halogens is 1. The summed E-state index contributed by atoms with van der Waals surface area (Å²) in [6.45, 7) is 2.50. The number of nitrogens with one attached hydrogen (secondary N) is 1. The van der Waals surface area contributed by atoms with E-state index < -0.39 is 0 Å². The number of amides is 1. The van der Waals surface area contributed by atoms with E-state index in [4.69, 9.17) is 0 Å². The summed E-state index contributed by atoms with van der Waals surface area (Å²) in [5.41, 5.74) is 3.61. The topological polar surface area (TPSA) is 53.2 Å². The van der Waals surface area contributed by atoms with Gasteiger partial charge in [-0.15, -0.1) is 0 Å². The molecule has 2 aliphatic rings. The average molecular weight is 368 g/mol. The molecule has 1 aromatic carbocycles. The lowest BCUT2D eigenvalue weighted by Gasteiger charge is -2.31. The van der Waals surface area contributed by atoms with Gasteiger partial charge in [-0.25, -0.2) is 4.39 Å². The number of benzene rings is 1. The van der Waals surface area contributed by atoms with Crippen LogP contribution in [0.15, 0.2) is 24.3 Å². The Kier molecular flexibility index (Phi) is 4.85. The molecule has 0 bridgehead atoms. The first-order chi connectivity index (χ1) is 13.1. The second-order valence-corrected chi connectivity index (χ2v) is 7.67. The van der Waals surface area contributed by atoms with Gasteiger partial charge in [0, 0.05) is 24.4 Å². The third kappa shape index (κ3) is 3.31. The molecule has 27 heavy (non-hydrogen) atoms. The molecule has 5 heteroatoms. The molecule has 0 unspecified atom stereocenters. The first-order valence-corrected chi connectivity index (χ1v) is 9.87. The molecule has 1 N–H and O–H groups in total. The summed E-state index contributed by atoms with van der Waals surface area (Å²) in [6, 6.07) is 6.40. The number of ketones is 1. The predicted octanol–water partition coefficient (Wildman–Crippen LogP) is 4.74. The second kappa shape index (κ2) is 7.29. The second-order valence-electron chi connectivity index (χ2n) is 7.67. The van der Waals surface area contributed by atoms with E-state index in [0.29, 0.717) is 24.1 Å². The van der Waals surface area contributed by atoms with Crippen molar-refractivity contribution >= 4 is 11.7 Å². The number of hydrogen-bond donors (Lipinski definition) is 1. The Hall–Kier alpha value is -2.43. The largest absolute Gasteiger partial charge is 0.361 e. The van der Waals surface area contributed by atoms with Crippen LogP contribution in [0.3, 0.4) is 0 Å². The van der Waals surface area contributed by atoms with Gasteiger partial charge >= 0.3 is 0 Å². The monoisotopic (exact) mass is 368 g/mol. The van der Waals surface area contributed by atoms with Gasteiger partial charge in [0.2, 0.25) is 0 Å². The van der Waals surface area contributed by atoms with Gasteiger partial charge in [0.1, 0.15) is 5.82 Å². The van der Waals surface area contributed by atoms with Crippen LogP contribution in [0.25, 0.3) is 0 Å². The molecule has 0 spiro atoms. The highest BCUT2D eigenvalue weighted by atomic mass is 19.1. The lowest BCUT2D eigenvalue weighted by molar-refractivity contribution is 0.0675. The summed E-state index contributed by atoms with van der Waals surface area (Å²) in [7, 11) is 0. The Labute approximate surface area is 158 Å². The van der Waals surface area contributed by atoms with Gasteiger partial charge in [-0.3, -0.25) is 9.59 Å². The van der Waals surface area contributed by atoms with Crippen molar-refractivity contribution in [3.8, 4) is 0 Å². The van der Waals surface area contributed by atoms with Crippen molar-refractivity contribution in [2.75, 3.05) is 6.54 Å². The van der Waals surface area contributed by atoms with Gasteiger partial charge in [0.15, 0.2) is 5.78 Å². The molecule has 0 saturated carbocycles. The average Bonchev–Trinajstić information content (AvgIpc) is 2.83. The van der Waals surface area contributed by atoms with E-state index in [0.717, 1.165) is 55.5 Å². The molecule has 2 heterocycles. The number of likely N-dealkylation sites (tertiary alicyclic amines) is 1. The summed E-state index contributed by atoms with van der Waals surface area (Å²) >= 11 is 0. The van der Waals surface area contributed by atoms with Crippen molar-refractivity contribution in [1.29, 1.82) is 0 Å². The molecule has 4 rings (SSSR count). The predicted molar refractivity (Wildman–Crippen MR) is 101 cm³/mol. The molecule has 1 fully saturated rings. The maximum Gasteiger partial charge on any atom is 0.256 e. The third-order valence-corrected chi connectivity index (χ3v) is 5.84. The number of H-pyrrole nitrogens is 1. The normalized spacial score (nSPS) is 20.3. The molecule has 142 valence electrons. The fraction of sp³-hybridized carbons (Fsp3) is 0.455. The van der Waals surface area contributed by atoms with Crippen LogP contribution in [0.2, 0.25) is 0 Å². The molecule has 1 aliphatic heterocycles. The Morgan fingerprint density at radius 1 is 1.19 bits per heavy atom. The van der Waals surface area contributed by atoms with E-state index >= 15 is 0 Å². The van der Waals surface area contributed by atoms with Crippen LogP contribution in [0.4, 0.5) is 4.39 Å². The van der Waals surface area contributed by atoms with Gasteiger partial charge in [0.05, 0.1) is 17.2 Å². The summed E-state index contributed by atoms with van der Waals surface area (Å²) < 4.78 is 13.8. The maximum atomic E-state index is 13.8. The van der Waals surface area contributed by atoms with Crippen LogP contribution in [0, 0.1) is 12.7 Å². The number of carbonyl (C=O) groups excluding carboxylic acids is 2. The molecule has 1 amide bonds. The van der Waals surface area contributed by atoms with Gasteiger partial charge < -0.3 is 9.88 Å². The minimum atomic E-state index is -0.283. The van der Waals surface area contributed by atoms with Gasteiger partial charge in [-0.1, -0.05) is 25.0 Å². The smallest absolute Gasteiger partial charge is 0.256 e. The minimum absolute atomic E-state index is 0.0566. The van der Waals surface area contributed by atoms with Crippen LogP contribution in [-0.2, 0) is 6.42 Å². The summed E-state index contributed by atoms with van der Waals surface area (Å²) in [6.07, 6.45) is 5.94. The van der Waals surface area contributed by atoms with Crippen LogP contribution >= 0.6 is 0 Å². The molecule has 1 aromatic heterocycles. The molecule has 1 aliphatic carbocycles. The molecule has 1 saturated heterocycles. The van der Waals surface area contributed by atoms with Gasteiger partial charge in [-0.2, -0.15) is 0 Å². The van der Waals surface area contributed by atoms with Crippen molar-refractivity contribution in [1.82, 2.24) is 9.88 Å². The number of hydrogen-bond acceptors (Lipinski definition) is 2. The number of aryl methyl sites for hydroxylation is 2. The lowest BCUT2D eigenvalue weighted by Crippen LogP contribution is -2.36. The zero-order valence-corrected chi connectivity index (χ0v) is 15.7. The van der Waals surface area contributed by atoms with Crippen LogP contribution in [-0.4, -0.2) is 28.1 Å². The van der Waals surface area contributed by atoms with Crippen molar-refractivity contribution in [2.24, 2.45) is 0 Å². The Bertz CT molecular complexity index is 886. The summed E-state index contributed by atoms with van der Waals surface area (Å²) in [5.74, 6) is -0.327. The molecule has 0 radical (unpaired) electrons. The highest BCUT2D eigenvalue weighted by molar-refractivity contribution is 6.10. The summed E-state index contributed by atoms with van der Waals surface area (Å²) in [5, 5.41) is 0. The fourth-order valence-corrected chi connectivity index (χ4v) is 4.56. The maximum absolute atomic E-state index is 13.8. The SMILES string of the molecule is Cc1[nH]c2c(c1C(=O)N1CCCCC[C@@H]1c1cccc(F)c1)C(=O)CCC2. The Balaban J connectivity index is 1.75. The van der Waals surface area contributed by atoms with Crippen LogP contribution < -0.4 is 0 Å². The van der Waals surface area contributed by atoms with Crippen LogP contribution in [0.5, 0.6) is 0 Å². The Morgan fingerprint density at radius 3 is 2.85 bits per heavy atom. The molecule has 1 atom stereocenters. The van der Waals surface area contributed by atoms with Gasteiger partial charge in [-0.05, 0) is 50.3 Å². The van der Waals surface area contributed by atoms with E-state index in [2.05, 4.69) is 4.98 Å². The molecular weight excluding hydrogens is 343 g/mol. The van der Waals surface area contributed by atoms with Crippen molar-refractivity contribution in [3.63, 3.8) is 0 Å². The van der Waals surface area contributed by atoms with Crippen LogP contribution in [0.1, 0.15) is 82.2 Å². The van der Waals surface area contributed by atoms with Gasteiger partial charge in [0.25, 0.3) is 5.91 Å². The number of Topliss-reactive ketones (excluding diaryl/α,β-unsaturated/α-hetero) is 1. The molecular formula is C22H25FN2O2. The first kappa shape index (κ1) is 18.0. The molecule has 4 nitrogen and oxygen atoms in total. The molecule has 2 aromatic rings. The van der Waals surface area contributed by atoms with E-state index in [1.165, 1.54) is 12.1 Å². The number of aromatic nitrogens is 1. The number of aromatic amines is 1. The first-order valence-electron chi connectivity index (χ1n) is 9.87. The number of rotatable bonds is 2. The van der Waals surface area contributed by atoms with E-state index in [-0.39, 0.29) is 23.5 Å².